The molecule has 3 aliphatic carbocycles. The predicted molar refractivity (Wildman–Crippen MR) is 120 cm³/mol. The number of aromatic nitrogens is 1. The molecule has 156 valence electrons. The molecule has 0 atom stereocenters. The normalized spacial score (nSPS) is 14.4. The fourth-order valence-corrected chi connectivity index (χ4v) is 6.21. The SMILES string of the molecule is O=C1C(=O)c2c(-c3ccccc3)cn(S(=O)(=O)c3ccccc3)c2-c2c3ccc(c21)CC3. The van der Waals surface area contributed by atoms with Gasteiger partial charge >= 0.3 is 0 Å². The maximum Gasteiger partial charge on any atom is 0.268 e. The van der Waals surface area contributed by atoms with Gasteiger partial charge in [-0.05, 0) is 41.7 Å². The third kappa shape index (κ3) is 2.47. The summed E-state index contributed by atoms with van der Waals surface area (Å²) in [7, 11) is -4.00. The van der Waals surface area contributed by atoms with Crippen molar-refractivity contribution in [2.75, 3.05) is 0 Å². The number of Topliss-reactive ketones (excluding diaryl/α,β-unsaturated/α-hetero) is 2. The van der Waals surface area contributed by atoms with Gasteiger partial charge in [0.15, 0.2) is 0 Å². The molecular formula is C26H17NO4S. The van der Waals surface area contributed by atoms with E-state index in [0.29, 0.717) is 40.8 Å². The number of hydrogen-bond donors (Lipinski definition) is 0. The van der Waals surface area contributed by atoms with Gasteiger partial charge < -0.3 is 0 Å². The van der Waals surface area contributed by atoms with Crippen LogP contribution in [-0.2, 0) is 22.9 Å². The van der Waals surface area contributed by atoms with Crippen LogP contribution in [0.3, 0.4) is 0 Å². The van der Waals surface area contributed by atoms with Crippen LogP contribution in [0.4, 0.5) is 0 Å². The summed E-state index contributed by atoms with van der Waals surface area (Å²) in [6.45, 7) is 0. The Hall–Kier alpha value is -3.77. The van der Waals surface area contributed by atoms with E-state index in [9.17, 15) is 18.0 Å². The number of rotatable bonds is 3. The lowest BCUT2D eigenvalue weighted by Crippen LogP contribution is -2.28. The predicted octanol–water partition coefficient (Wildman–Crippen LogP) is 4.54. The molecule has 0 saturated heterocycles. The molecule has 0 unspecified atom stereocenters. The molecule has 0 radical (unpaired) electrons. The number of aryl methyl sites for hydroxylation is 2. The van der Waals surface area contributed by atoms with Gasteiger partial charge in [-0.25, -0.2) is 12.4 Å². The van der Waals surface area contributed by atoms with E-state index in [1.54, 1.807) is 18.2 Å². The van der Waals surface area contributed by atoms with Gasteiger partial charge in [0, 0.05) is 22.9 Å². The van der Waals surface area contributed by atoms with Crippen molar-refractivity contribution in [1.82, 2.24) is 3.97 Å². The summed E-state index contributed by atoms with van der Waals surface area (Å²) < 4.78 is 28.7. The Kier molecular flexibility index (Phi) is 3.92. The van der Waals surface area contributed by atoms with Crippen molar-refractivity contribution in [3.05, 3.63) is 101 Å². The Morgan fingerprint density at radius 2 is 1.22 bits per heavy atom. The molecule has 3 aromatic carbocycles. The second-order valence-corrected chi connectivity index (χ2v) is 9.85. The molecule has 3 aliphatic rings. The van der Waals surface area contributed by atoms with Crippen molar-refractivity contribution >= 4 is 21.6 Å². The van der Waals surface area contributed by atoms with Crippen molar-refractivity contribution in [1.29, 1.82) is 0 Å². The van der Waals surface area contributed by atoms with E-state index in [-0.39, 0.29) is 10.5 Å². The number of nitrogens with zero attached hydrogens (tertiary/aromatic N) is 1. The van der Waals surface area contributed by atoms with Crippen LogP contribution in [0.5, 0.6) is 0 Å². The lowest BCUT2D eigenvalue weighted by molar-refractivity contribution is 0.0814. The highest BCUT2D eigenvalue weighted by Crippen LogP contribution is 2.46. The summed E-state index contributed by atoms with van der Waals surface area (Å²) in [5.41, 5.74) is 4.21. The number of fused-ring (bicyclic) bond motifs is 3. The van der Waals surface area contributed by atoms with Gasteiger partial charge in [-0.15, -0.1) is 0 Å². The molecule has 6 heteroatoms. The molecule has 0 N–H and O–H groups in total. The molecule has 0 spiro atoms. The van der Waals surface area contributed by atoms with E-state index in [4.69, 9.17) is 0 Å². The summed E-state index contributed by atoms with van der Waals surface area (Å²) in [4.78, 5) is 26.7. The van der Waals surface area contributed by atoms with Gasteiger partial charge in [0.2, 0.25) is 11.6 Å². The zero-order valence-electron chi connectivity index (χ0n) is 16.9. The second-order valence-electron chi connectivity index (χ2n) is 8.04. The number of ketones is 2. The highest BCUT2D eigenvalue weighted by molar-refractivity contribution is 7.90. The molecule has 5 nitrogen and oxygen atoms in total. The first-order chi connectivity index (χ1) is 15.5. The number of hydrogen-bond acceptors (Lipinski definition) is 4. The minimum Gasteiger partial charge on any atom is -0.285 e. The monoisotopic (exact) mass is 439 g/mol. The third-order valence-electron chi connectivity index (χ3n) is 6.30. The highest BCUT2D eigenvalue weighted by Gasteiger charge is 2.42. The molecule has 0 saturated carbocycles. The van der Waals surface area contributed by atoms with E-state index >= 15 is 0 Å². The fourth-order valence-electron chi connectivity index (χ4n) is 4.81. The van der Waals surface area contributed by atoms with Crippen molar-refractivity contribution < 1.29 is 18.0 Å². The highest BCUT2D eigenvalue weighted by atomic mass is 32.2. The summed E-state index contributed by atoms with van der Waals surface area (Å²) in [6.07, 6.45) is 2.88. The van der Waals surface area contributed by atoms with Gasteiger partial charge in [-0.2, -0.15) is 0 Å². The minimum atomic E-state index is -4.00. The Labute approximate surface area is 185 Å². The summed E-state index contributed by atoms with van der Waals surface area (Å²) >= 11 is 0. The first kappa shape index (κ1) is 19.0. The van der Waals surface area contributed by atoms with Crippen LogP contribution in [0.2, 0.25) is 0 Å². The van der Waals surface area contributed by atoms with Crippen LogP contribution in [0.1, 0.15) is 31.8 Å². The quantitative estimate of drug-likeness (QED) is 0.440. The third-order valence-corrected chi connectivity index (χ3v) is 7.97. The summed E-state index contributed by atoms with van der Waals surface area (Å²) in [5, 5.41) is 0. The van der Waals surface area contributed by atoms with Crippen molar-refractivity contribution in [2.45, 2.75) is 17.7 Å². The largest absolute Gasteiger partial charge is 0.285 e. The first-order valence-corrected chi connectivity index (χ1v) is 11.8. The molecule has 2 bridgehead atoms. The van der Waals surface area contributed by atoms with Gasteiger partial charge in [-0.1, -0.05) is 60.7 Å². The first-order valence-electron chi connectivity index (χ1n) is 10.3. The standard InChI is InChI=1S/C26H17NO4S/c28-25-22-18-13-11-17(12-14-18)21(22)24-23(26(25)29)20(16-7-3-1-4-8-16)15-27(24)32(30,31)19-9-5-2-6-10-19/h1-11,13,15H,12,14H2. The average molecular weight is 439 g/mol. The fraction of sp³-hybridized carbons (Fsp3) is 0.0769. The van der Waals surface area contributed by atoms with E-state index in [1.165, 1.54) is 22.3 Å². The zero-order valence-corrected chi connectivity index (χ0v) is 17.7. The van der Waals surface area contributed by atoms with Gasteiger partial charge in [0.1, 0.15) is 0 Å². The molecule has 1 aromatic heterocycles. The summed E-state index contributed by atoms with van der Waals surface area (Å²) in [6, 6.07) is 21.0. The lowest BCUT2D eigenvalue weighted by Gasteiger charge is -2.27. The smallest absolute Gasteiger partial charge is 0.268 e. The van der Waals surface area contributed by atoms with Crippen LogP contribution in [0.15, 0.2) is 83.9 Å². The minimum absolute atomic E-state index is 0.123. The molecule has 0 amide bonds. The van der Waals surface area contributed by atoms with Gasteiger partial charge in [0.05, 0.1) is 16.2 Å². The van der Waals surface area contributed by atoms with Crippen LogP contribution >= 0.6 is 0 Å². The molecule has 4 aromatic rings. The van der Waals surface area contributed by atoms with Crippen LogP contribution in [-0.4, -0.2) is 24.0 Å². The van der Waals surface area contributed by atoms with Crippen molar-refractivity contribution in [3.8, 4) is 22.4 Å². The van der Waals surface area contributed by atoms with Gasteiger partial charge in [-0.3, -0.25) is 9.59 Å². The molecule has 7 rings (SSSR count). The molecule has 1 heterocycles. The Morgan fingerprint density at radius 1 is 0.656 bits per heavy atom. The van der Waals surface area contributed by atoms with E-state index in [0.717, 1.165) is 11.1 Å². The molecule has 0 fully saturated rings. The summed E-state index contributed by atoms with van der Waals surface area (Å²) in [5.74, 6) is -1.22. The number of benzene rings is 3. The average Bonchev–Trinajstić information content (AvgIpc) is 3.26. The topological polar surface area (TPSA) is 73.2 Å². The molecule has 0 aliphatic heterocycles. The maximum atomic E-state index is 13.7. The Bertz CT molecular complexity index is 1550. The van der Waals surface area contributed by atoms with E-state index < -0.39 is 21.6 Å². The van der Waals surface area contributed by atoms with E-state index in [2.05, 4.69) is 0 Å². The van der Waals surface area contributed by atoms with Crippen LogP contribution < -0.4 is 0 Å². The lowest BCUT2D eigenvalue weighted by atomic mass is 9.76. The molecule has 32 heavy (non-hydrogen) atoms. The number of carbonyl (C=O) groups is 2. The maximum absolute atomic E-state index is 13.7. The molecular weight excluding hydrogens is 422 g/mol. The van der Waals surface area contributed by atoms with Crippen LogP contribution in [0.25, 0.3) is 22.4 Å². The number of carbonyl (C=O) groups excluding carboxylic acids is 2. The van der Waals surface area contributed by atoms with Gasteiger partial charge in [0.25, 0.3) is 10.0 Å². The van der Waals surface area contributed by atoms with Crippen LogP contribution in [0, 0.1) is 0 Å². The Morgan fingerprint density at radius 3 is 1.84 bits per heavy atom. The second kappa shape index (κ2) is 6.61. The van der Waals surface area contributed by atoms with Crippen molar-refractivity contribution in [2.24, 2.45) is 0 Å². The van der Waals surface area contributed by atoms with E-state index in [1.807, 2.05) is 42.5 Å². The zero-order chi connectivity index (χ0) is 22.0. The Balaban J connectivity index is 1.76. The van der Waals surface area contributed by atoms with Crippen molar-refractivity contribution in [3.63, 3.8) is 0 Å².